The molecule has 4 nitrogen and oxygen atoms in total. The first-order valence-corrected chi connectivity index (χ1v) is 9.06. The fourth-order valence-corrected chi connectivity index (χ4v) is 5.80. The largest absolute Gasteiger partial charge is 0.396 e. The first-order chi connectivity index (χ1) is 9.09. The number of rotatable bonds is 5. The highest BCUT2D eigenvalue weighted by molar-refractivity contribution is 7.91. The maximum absolute atomic E-state index is 12.6. The van der Waals surface area contributed by atoms with Gasteiger partial charge in [0.2, 0.25) is 0 Å². The van der Waals surface area contributed by atoms with E-state index in [1.54, 1.807) is 16.4 Å². The minimum atomic E-state index is -3.35. The first-order valence-electron chi connectivity index (χ1n) is 6.81. The number of piperidine rings is 1. The number of aliphatic hydroxyl groups is 1. The Morgan fingerprint density at radius 2 is 2.21 bits per heavy atom. The van der Waals surface area contributed by atoms with Crippen molar-refractivity contribution in [2.45, 2.75) is 49.3 Å². The lowest BCUT2D eigenvalue weighted by molar-refractivity contribution is 0.247. The van der Waals surface area contributed by atoms with Crippen molar-refractivity contribution >= 4 is 21.4 Å². The van der Waals surface area contributed by atoms with E-state index in [0.717, 1.165) is 30.6 Å². The molecule has 2 heterocycles. The van der Waals surface area contributed by atoms with Crippen molar-refractivity contribution < 1.29 is 13.5 Å². The third kappa shape index (κ3) is 3.18. The van der Waals surface area contributed by atoms with Crippen molar-refractivity contribution in [1.29, 1.82) is 0 Å². The van der Waals surface area contributed by atoms with Gasteiger partial charge in [-0.3, -0.25) is 0 Å². The lowest BCUT2D eigenvalue weighted by Crippen LogP contribution is -2.42. The third-order valence-electron chi connectivity index (χ3n) is 3.60. The number of thiophene rings is 1. The lowest BCUT2D eigenvalue weighted by atomic mass is 10.0. The van der Waals surface area contributed by atoms with Gasteiger partial charge in [-0.05, 0) is 31.4 Å². The molecule has 0 bridgehead atoms. The minimum Gasteiger partial charge on any atom is -0.396 e. The second-order valence-corrected chi connectivity index (χ2v) is 8.15. The predicted octanol–water partition coefficient (Wildman–Crippen LogP) is 2.24. The Kier molecular flexibility index (Phi) is 5.00. The maximum Gasteiger partial charge on any atom is 0.252 e. The highest BCUT2D eigenvalue weighted by Gasteiger charge is 2.33. The van der Waals surface area contributed by atoms with E-state index in [2.05, 4.69) is 0 Å². The summed E-state index contributed by atoms with van der Waals surface area (Å²) in [6, 6.07) is 3.62. The van der Waals surface area contributed by atoms with E-state index in [9.17, 15) is 8.42 Å². The molecule has 1 saturated heterocycles. The molecule has 1 aromatic heterocycles. The van der Waals surface area contributed by atoms with Gasteiger partial charge in [0.05, 0.1) is 0 Å². The van der Waals surface area contributed by atoms with Gasteiger partial charge in [-0.2, -0.15) is 4.31 Å². The number of hydrogen-bond donors (Lipinski definition) is 1. The van der Waals surface area contributed by atoms with Gasteiger partial charge >= 0.3 is 0 Å². The Bertz CT molecular complexity index is 510. The molecule has 0 aliphatic carbocycles. The molecule has 0 saturated carbocycles. The smallest absolute Gasteiger partial charge is 0.252 e. The van der Waals surface area contributed by atoms with Crippen LogP contribution in [0.1, 0.15) is 37.5 Å². The molecule has 6 heteroatoms. The highest BCUT2D eigenvalue weighted by Crippen LogP contribution is 2.30. The Morgan fingerprint density at radius 1 is 1.42 bits per heavy atom. The Morgan fingerprint density at radius 3 is 2.89 bits per heavy atom. The Balaban J connectivity index is 2.24. The summed E-state index contributed by atoms with van der Waals surface area (Å²) in [6.07, 6.45) is 4.42. The predicted molar refractivity (Wildman–Crippen MR) is 76.9 cm³/mol. The first kappa shape index (κ1) is 15.0. The molecule has 2 rings (SSSR count). The van der Waals surface area contributed by atoms with Crippen molar-refractivity contribution in [3.05, 3.63) is 17.0 Å². The molecule has 1 aliphatic rings. The molecule has 108 valence electrons. The molecule has 1 unspecified atom stereocenters. The van der Waals surface area contributed by atoms with Gasteiger partial charge in [-0.25, -0.2) is 8.42 Å². The van der Waals surface area contributed by atoms with Crippen LogP contribution in [0.5, 0.6) is 0 Å². The van der Waals surface area contributed by atoms with Crippen LogP contribution in [-0.4, -0.2) is 37.0 Å². The zero-order valence-corrected chi connectivity index (χ0v) is 12.8. The molecule has 1 aliphatic heterocycles. The van der Waals surface area contributed by atoms with E-state index in [1.165, 1.54) is 11.3 Å². The number of sulfonamides is 1. The average molecular weight is 303 g/mol. The summed E-state index contributed by atoms with van der Waals surface area (Å²) in [5, 5.41) is 8.91. The summed E-state index contributed by atoms with van der Waals surface area (Å²) in [5.74, 6) is 0. The van der Waals surface area contributed by atoms with Crippen molar-refractivity contribution in [1.82, 2.24) is 4.31 Å². The summed E-state index contributed by atoms with van der Waals surface area (Å²) in [7, 11) is -3.35. The second kappa shape index (κ2) is 6.35. The zero-order chi connectivity index (χ0) is 13.9. The van der Waals surface area contributed by atoms with E-state index in [4.69, 9.17) is 5.11 Å². The van der Waals surface area contributed by atoms with Crippen LogP contribution in [0.4, 0.5) is 0 Å². The van der Waals surface area contributed by atoms with Crippen molar-refractivity contribution in [3.63, 3.8) is 0 Å². The fraction of sp³-hybridized carbons (Fsp3) is 0.692. The SMILES string of the molecule is CCC1CCCCN1S(=O)(=O)c1ccc(CCO)s1. The van der Waals surface area contributed by atoms with E-state index in [1.807, 2.05) is 6.92 Å². The molecule has 0 aromatic carbocycles. The molecule has 1 fully saturated rings. The standard InChI is InChI=1S/C13H21NO3S2/c1-2-11-5-3-4-9-14(11)19(16,17)13-7-6-12(18-13)8-10-15/h6-7,11,15H,2-5,8-10H2,1H3. The van der Waals surface area contributed by atoms with Crippen LogP contribution in [0.15, 0.2) is 16.3 Å². The molecule has 0 amide bonds. The van der Waals surface area contributed by atoms with E-state index >= 15 is 0 Å². The van der Waals surface area contributed by atoms with Crippen LogP contribution in [0, 0.1) is 0 Å². The van der Waals surface area contributed by atoms with Gasteiger partial charge in [0.1, 0.15) is 4.21 Å². The van der Waals surface area contributed by atoms with E-state index < -0.39 is 10.0 Å². The van der Waals surface area contributed by atoms with Gasteiger partial charge < -0.3 is 5.11 Å². The maximum atomic E-state index is 12.6. The van der Waals surface area contributed by atoms with Crippen LogP contribution in [0.2, 0.25) is 0 Å². The topological polar surface area (TPSA) is 57.6 Å². The molecule has 1 atom stereocenters. The van der Waals surface area contributed by atoms with E-state index in [-0.39, 0.29) is 12.6 Å². The zero-order valence-electron chi connectivity index (χ0n) is 11.2. The molecule has 0 radical (unpaired) electrons. The fourth-order valence-electron chi connectivity index (χ4n) is 2.56. The summed E-state index contributed by atoms with van der Waals surface area (Å²) in [5.41, 5.74) is 0. The van der Waals surface area contributed by atoms with Gasteiger partial charge in [0.25, 0.3) is 10.0 Å². The molecule has 19 heavy (non-hydrogen) atoms. The number of hydrogen-bond acceptors (Lipinski definition) is 4. The molecular weight excluding hydrogens is 282 g/mol. The third-order valence-corrected chi connectivity index (χ3v) is 7.17. The Labute approximate surface area is 119 Å². The van der Waals surface area contributed by atoms with Gasteiger partial charge in [-0.15, -0.1) is 11.3 Å². The van der Waals surface area contributed by atoms with Gasteiger partial charge in [0, 0.05) is 30.5 Å². The van der Waals surface area contributed by atoms with E-state index in [0.29, 0.717) is 17.2 Å². The molecule has 0 spiro atoms. The summed E-state index contributed by atoms with van der Waals surface area (Å²) >= 11 is 1.28. The Hall–Kier alpha value is -0.430. The van der Waals surface area contributed by atoms with Crippen molar-refractivity contribution in [3.8, 4) is 0 Å². The number of nitrogens with zero attached hydrogens (tertiary/aromatic N) is 1. The summed E-state index contributed by atoms with van der Waals surface area (Å²) < 4.78 is 27.4. The average Bonchev–Trinajstić information content (AvgIpc) is 2.88. The summed E-state index contributed by atoms with van der Waals surface area (Å²) in [6.45, 7) is 2.74. The van der Waals surface area contributed by atoms with Crippen LogP contribution in [0.3, 0.4) is 0 Å². The van der Waals surface area contributed by atoms with Crippen LogP contribution < -0.4 is 0 Å². The van der Waals surface area contributed by atoms with Gasteiger partial charge in [-0.1, -0.05) is 13.3 Å². The van der Waals surface area contributed by atoms with Crippen molar-refractivity contribution in [2.24, 2.45) is 0 Å². The quantitative estimate of drug-likeness (QED) is 0.907. The van der Waals surface area contributed by atoms with Crippen molar-refractivity contribution in [2.75, 3.05) is 13.2 Å². The van der Waals surface area contributed by atoms with Crippen LogP contribution >= 0.6 is 11.3 Å². The molecular formula is C13H21NO3S2. The highest BCUT2D eigenvalue weighted by atomic mass is 32.2. The normalized spacial score (nSPS) is 21.7. The lowest BCUT2D eigenvalue weighted by Gasteiger charge is -2.33. The second-order valence-electron chi connectivity index (χ2n) is 4.87. The van der Waals surface area contributed by atoms with Crippen LogP contribution in [0.25, 0.3) is 0 Å². The number of aliphatic hydroxyl groups excluding tert-OH is 1. The molecule has 1 aromatic rings. The molecule has 1 N–H and O–H groups in total. The van der Waals surface area contributed by atoms with Crippen LogP contribution in [-0.2, 0) is 16.4 Å². The summed E-state index contributed by atoms with van der Waals surface area (Å²) in [4.78, 5) is 0.922. The van der Waals surface area contributed by atoms with Gasteiger partial charge in [0.15, 0.2) is 0 Å². The minimum absolute atomic E-state index is 0.0568. The monoisotopic (exact) mass is 303 g/mol.